The van der Waals surface area contributed by atoms with Gasteiger partial charge < -0.3 is 9.67 Å². The maximum absolute atomic E-state index is 12.2. The van der Waals surface area contributed by atoms with E-state index < -0.39 is 18.6 Å². The number of benzene rings is 1. The van der Waals surface area contributed by atoms with Crippen LogP contribution in [0.15, 0.2) is 24.5 Å². The smallest absolute Gasteiger partial charge is 0.390 e. The lowest BCUT2D eigenvalue weighted by atomic mass is 10.2. The van der Waals surface area contributed by atoms with Crippen LogP contribution in [0, 0.1) is 0 Å². The Morgan fingerprint density at radius 2 is 2.11 bits per heavy atom. The van der Waals surface area contributed by atoms with Gasteiger partial charge in [0, 0.05) is 6.54 Å². The summed E-state index contributed by atoms with van der Waals surface area (Å²) >= 11 is 0. The highest BCUT2D eigenvalue weighted by molar-refractivity contribution is 6.01. The quantitative estimate of drug-likeness (QED) is 0.920. The predicted octanol–water partition coefficient (Wildman–Crippen LogP) is 2.69. The van der Waals surface area contributed by atoms with E-state index in [1.165, 1.54) is 23.0 Å². The van der Waals surface area contributed by atoms with Gasteiger partial charge in [-0.25, -0.2) is 9.78 Å². The zero-order chi connectivity index (χ0) is 13.3. The van der Waals surface area contributed by atoms with Gasteiger partial charge in [0.25, 0.3) is 0 Å². The highest BCUT2D eigenvalue weighted by Crippen LogP contribution is 2.23. The molecule has 1 aromatic heterocycles. The molecule has 0 unspecified atom stereocenters. The third-order valence-corrected chi connectivity index (χ3v) is 2.50. The van der Waals surface area contributed by atoms with Gasteiger partial charge in [-0.1, -0.05) is 6.07 Å². The van der Waals surface area contributed by atoms with Crippen LogP contribution < -0.4 is 0 Å². The van der Waals surface area contributed by atoms with Gasteiger partial charge in [0.05, 0.1) is 29.3 Å². The third kappa shape index (κ3) is 2.44. The van der Waals surface area contributed by atoms with Crippen molar-refractivity contribution in [2.75, 3.05) is 0 Å². The maximum atomic E-state index is 12.2. The summed E-state index contributed by atoms with van der Waals surface area (Å²) in [6.45, 7) is -0.343. The molecule has 4 nitrogen and oxygen atoms in total. The van der Waals surface area contributed by atoms with E-state index in [1.54, 1.807) is 6.07 Å². The lowest BCUT2D eigenvalue weighted by Gasteiger charge is -2.08. The monoisotopic (exact) mass is 258 g/mol. The third-order valence-electron chi connectivity index (χ3n) is 2.50. The van der Waals surface area contributed by atoms with E-state index in [0.29, 0.717) is 5.52 Å². The minimum Gasteiger partial charge on any atom is -0.478 e. The summed E-state index contributed by atoms with van der Waals surface area (Å²) < 4.78 is 37.7. The molecule has 0 amide bonds. The van der Waals surface area contributed by atoms with Crippen molar-refractivity contribution < 1.29 is 23.1 Å². The Kier molecular flexibility index (Phi) is 2.98. The lowest BCUT2D eigenvalue weighted by molar-refractivity contribution is -0.136. The summed E-state index contributed by atoms with van der Waals surface area (Å²) in [5.41, 5.74) is 0.540. The molecule has 1 aromatic carbocycles. The molecular formula is C11H9F3N2O2. The van der Waals surface area contributed by atoms with Gasteiger partial charge in [0.2, 0.25) is 0 Å². The van der Waals surface area contributed by atoms with Crippen LogP contribution in [0.5, 0.6) is 0 Å². The summed E-state index contributed by atoms with van der Waals surface area (Å²) in [6, 6.07) is 4.41. The molecule has 0 saturated heterocycles. The number of para-hydroxylation sites is 1. The Morgan fingerprint density at radius 1 is 1.39 bits per heavy atom. The number of aryl methyl sites for hydroxylation is 1. The van der Waals surface area contributed by atoms with Crippen LogP contribution in [0.25, 0.3) is 11.0 Å². The van der Waals surface area contributed by atoms with Crippen molar-refractivity contribution in [1.29, 1.82) is 0 Å². The number of imidazole rings is 1. The number of rotatable bonds is 3. The van der Waals surface area contributed by atoms with E-state index in [-0.39, 0.29) is 17.6 Å². The number of carboxylic acid groups (broad SMARTS) is 1. The molecule has 0 radical (unpaired) electrons. The molecule has 18 heavy (non-hydrogen) atoms. The first kappa shape index (κ1) is 12.4. The molecule has 0 bridgehead atoms. The highest BCUT2D eigenvalue weighted by Gasteiger charge is 2.27. The molecule has 0 spiro atoms. The van der Waals surface area contributed by atoms with Crippen molar-refractivity contribution in [3.05, 3.63) is 30.1 Å². The maximum Gasteiger partial charge on any atom is 0.390 e. The topological polar surface area (TPSA) is 55.1 Å². The number of fused-ring (bicyclic) bond motifs is 1. The fraction of sp³-hybridized carbons (Fsp3) is 0.273. The van der Waals surface area contributed by atoms with Crippen LogP contribution in [0.3, 0.4) is 0 Å². The van der Waals surface area contributed by atoms with Crippen LogP contribution in [0.1, 0.15) is 16.8 Å². The molecule has 0 fully saturated rings. The number of hydrogen-bond acceptors (Lipinski definition) is 2. The average molecular weight is 258 g/mol. The van der Waals surface area contributed by atoms with Crippen molar-refractivity contribution in [2.24, 2.45) is 0 Å². The zero-order valence-electron chi connectivity index (χ0n) is 9.11. The first-order valence-corrected chi connectivity index (χ1v) is 5.12. The van der Waals surface area contributed by atoms with E-state index in [9.17, 15) is 18.0 Å². The molecule has 0 aliphatic rings. The Morgan fingerprint density at radius 3 is 2.72 bits per heavy atom. The van der Waals surface area contributed by atoms with E-state index in [2.05, 4.69) is 4.98 Å². The molecule has 7 heteroatoms. The van der Waals surface area contributed by atoms with Gasteiger partial charge in [0.15, 0.2) is 0 Å². The van der Waals surface area contributed by atoms with Crippen LogP contribution in [-0.2, 0) is 6.54 Å². The summed E-state index contributed by atoms with van der Waals surface area (Å²) in [5, 5.41) is 8.99. The number of hydrogen-bond donors (Lipinski definition) is 1. The summed E-state index contributed by atoms with van der Waals surface area (Å²) in [4.78, 5) is 14.9. The van der Waals surface area contributed by atoms with E-state index in [1.807, 2.05) is 0 Å². The second-order valence-electron chi connectivity index (χ2n) is 3.78. The minimum atomic E-state index is -4.28. The first-order chi connectivity index (χ1) is 8.38. The molecule has 2 rings (SSSR count). The number of aromatic nitrogens is 2. The molecule has 1 heterocycles. The summed E-state index contributed by atoms with van der Waals surface area (Å²) in [7, 11) is 0. The average Bonchev–Trinajstić information content (AvgIpc) is 2.68. The van der Waals surface area contributed by atoms with Crippen molar-refractivity contribution in [2.45, 2.75) is 19.1 Å². The number of nitrogens with zero attached hydrogens (tertiary/aromatic N) is 2. The van der Waals surface area contributed by atoms with E-state index >= 15 is 0 Å². The number of carboxylic acids is 1. The van der Waals surface area contributed by atoms with Gasteiger partial charge >= 0.3 is 12.1 Å². The number of aromatic carboxylic acids is 1. The number of halogens is 3. The molecule has 96 valence electrons. The Balaban J connectivity index is 2.42. The van der Waals surface area contributed by atoms with Crippen molar-refractivity contribution in [3.8, 4) is 0 Å². The molecule has 0 aliphatic carbocycles. The Hall–Kier alpha value is -2.05. The van der Waals surface area contributed by atoms with Crippen LogP contribution >= 0.6 is 0 Å². The largest absolute Gasteiger partial charge is 0.478 e. The highest BCUT2D eigenvalue weighted by atomic mass is 19.4. The Labute approximate surface area is 99.7 Å². The van der Waals surface area contributed by atoms with Crippen molar-refractivity contribution in [3.63, 3.8) is 0 Å². The van der Waals surface area contributed by atoms with Crippen LogP contribution in [-0.4, -0.2) is 26.8 Å². The van der Waals surface area contributed by atoms with Crippen molar-refractivity contribution in [1.82, 2.24) is 9.55 Å². The molecule has 0 saturated carbocycles. The molecular weight excluding hydrogens is 249 g/mol. The van der Waals surface area contributed by atoms with Gasteiger partial charge in [-0.05, 0) is 12.1 Å². The molecule has 0 aliphatic heterocycles. The fourth-order valence-corrected chi connectivity index (χ4v) is 1.72. The van der Waals surface area contributed by atoms with Gasteiger partial charge in [-0.3, -0.25) is 0 Å². The van der Waals surface area contributed by atoms with Gasteiger partial charge in [0.1, 0.15) is 0 Å². The summed E-state index contributed by atoms with van der Waals surface area (Å²) in [5.74, 6) is -1.19. The second kappa shape index (κ2) is 4.32. The van der Waals surface area contributed by atoms with Gasteiger partial charge in [-0.2, -0.15) is 13.2 Å². The van der Waals surface area contributed by atoms with Crippen LogP contribution in [0.4, 0.5) is 13.2 Å². The molecule has 1 N–H and O–H groups in total. The molecule has 2 aromatic rings. The number of alkyl halides is 3. The fourth-order valence-electron chi connectivity index (χ4n) is 1.72. The Bertz CT molecular complexity index is 589. The summed E-state index contributed by atoms with van der Waals surface area (Å²) in [6.07, 6.45) is -4.08. The van der Waals surface area contributed by atoms with Crippen LogP contribution in [0.2, 0.25) is 0 Å². The minimum absolute atomic E-state index is 0.0489. The lowest BCUT2D eigenvalue weighted by Crippen LogP contribution is -2.12. The van der Waals surface area contributed by atoms with Gasteiger partial charge in [-0.15, -0.1) is 0 Å². The van der Waals surface area contributed by atoms with E-state index in [4.69, 9.17) is 5.11 Å². The SMILES string of the molecule is O=C(O)c1cccc2ncn(CCC(F)(F)F)c12. The molecule has 0 atom stereocenters. The second-order valence-corrected chi connectivity index (χ2v) is 3.78. The van der Waals surface area contributed by atoms with Crippen molar-refractivity contribution >= 4 is 17.0 Å². The van der Waals surface area contributed by atoms with E-state index in [0.717, 1.165) is 0 Å². The first-order valence-electron chi connectivity index (χ1n) is 5.12. The predicted molar refractivity (Wildman–Crippen MR) is 57.4 cm³/mol. The normalized spacial score (nSPS) is 11.9. The standard InChI is InChI=1S/C11H9F3N2O2/c12-11(13,14)4-5-16-6-15-8-3-1-2-7(9(8)16)10(17)18/h1-3,6H,4-5H2,(H,17,18). The number of carbonyl (C=O) groups is 1. The zero-order valence-corrected chi connectivity index (χ0v) is 9.11.